The van der Waals surface area contributed by atoms with Crippen molar-refractivity contribution in [3.63, 3.8) is 0 Å². The van der Waals surface area contributed by atoms with Gasteiger partial charge in [-0.3, -0.25) is 9.78 Å². The molecule has 2 heterocycles. The number of nitrogens with zero attached hydrogens (tertiary/aromatic N) is 2. The first-order valence-electron chi connectivity index (χ1n) is 6.67. The van der Waals surface area contributed by atoms with Gasteiger partial charge in [0.05, 0.1) is 24.9 Å². The molecule has 5 nitrogen and oxygen atoms in total. The lowest BCUT2D eigenvalue weighted by molar-refractivity contribution is -0.130. The predicted octanol–water partition coefficient (Wildman–Crippen LogP) is 1.51. The average molecular weight is 300 g/mol. The number of likely N-dealkylation sites (N-methyl/N-ethyl adjacent to an activating group) is 1. The van der Waals surface area contributed by atoms with Crippen LogP contribution in [0.15, 0.2) is 18.3 Å². The number of carbonyl (C=O) groups is 1. The summed E-state index contributed by atoms with van der Waals surface area (Å²) in [5.74, 6) is 0.546. The number of nitrogen functional groups attached to an aromatic ring is 1. The fourth-order valence-electron chi connectivity index (χ4n) is 2.27. The zero-order valence-corrected chi connectivity index (χ0v) is 12.6. The maximum Gasteiger partial charge on any atom is 0.228 e. The molecule has 1 unspecified atom stereocenters. The lowest BCUT2D eigenvalue weighted by Gasteiger charge is -2.27. The van der Waals surface area contributed by atoms with Gasteiger partial charge in [0.25, 0.3) is 0 Å². The predicted molar refractivity (Wildman–Crippen MR) is 80.8 cm³/mol. The summed E-state index contributed by atoms with van der Waals surface area (Å²) in [5, 5.41) is 0. The summed E-state index contributed by atoms with van der Waals surface area (Å²) < 4.78 is 5.43. The molecule has 0 radical (unpaired) electrons. The highest BCUT2D eigenvalue weighted by molar-refractivity contribution is 5.85. The number of carbonyl (C=O) groups excluding carboxylic acids is 1. The van der Waals surface area contributed by atoms with E-state index in [1.54, 1.807) is 23.2 Å². The van der Waals surface area contributed by atoms with E-state index in [9.17, 15) is 4.79 Å². The van der Waals surface area contributed by atoms with Crippen molar-refractivity contribution >= 4 is 24.0 Å². The molecule has 1 saturated heterocycles. The fraction of sp³-hybridized carbons (Fsp3) is 0.571. The summed E-state index contributed by atoms with van der Waals surface area (Å²) in [6.45, 7) is 2.37. The molecule has 2 rings (SSSR count). The lowest BCUT2D eigenvalue weighted by atomic mass is 10.0. The number of amides is 1. The maximum atomic E-state index is 12.1. The van der Waals surface area contributed by atoms with Gasteiger partial charge in [-0.15, -0.1) is 12.4 Å². The molecule has 1 aromatic rings. The number of hydrogen-bond donors (Lipinski definition) is 1. The fourth-order valence-corrected chi connectivity index (χ4v) is 2.27. The summed E-state index contributed by atoms with van der Waals surface area (Å²) in [6.07, 6.45) is 4.13. The molecular formula is C14H22ClN3O2. The molecule has 1 aliphatic rings. The Morgan fingerprint density at radius 1 is 1.55 bits per heavy atom. The average Bonchev–Trinajstić information content (AvgIpc) is 2.42. The van der Waals surface area contributed by atoms with Crippen molar-refractivity contribution < 1.29 is 9.53 Å². The van der Waals surface area contributed by atoms with Crippen LogP contribution in [0.3, 0.4) is 0 Å². The number of pyridine rings is 1. The Hall–Kier alpha value is -1.33. The Kier molecular flexibility index (Phi) is 6.75. The topological polar surface area (TPSA) is 68.5 Å². The van der Waals surface area contributed by atoms with Crippen LogP contribution in [-0.2, 0) is 16.0 Å². The van der Waals surface area contributed by atoms with Crippen LogP contribution in [0.2, 0.25) is 0 Å². The van der Waals surface area contributed by atoms with Crippen LogP contribution in [0, 0.1) is 5.92 Å². The summed E-state index contributed by atoms with van der Waals surface area (Å²) in [5.41, 5.74) is 6.94. The third-order valence-electron chi connectivity index (χ3n) is 3.39. The van der Waals surface area contributed by atoms with Crippen molar-refractivity contribution in [2.45, 2.75) is 19.3 Å². The van der Waals surface area contributed by atoms with Crippen LogP contribution in [0.4, 0.5) is 5.69 Å². The summed E-state index contributed by atoms with van der Waals surface area (Å²) >= 11 is 0. The quantitative estimate of drug-likeness (QED) is 0.915. The summed E-state index contributed by atoms with van der Waals surface area (Å²) in [4.78, 5) is 18.0. The van der Waals surface area contributed by atoms with Gasteiger partial charge in [0.2, 0.25) is 5.91 Å². The maximum absolute atomic E-state index is 12.1. The third-order valence-corrected chi connectivity index (χ3v) is 3.39. The number of anilines is 1. The van der Waals surface area contributed by atoms with Crippen LogP contribution >= 0.6 is 12.4 Å². The van der Waals surface area contributed by atoms with E-state index < -0.39 is 0 Å². The van der Waals surface area contributed by atoms with Gasteiger partial charge in [0, 0.05) is 25.9 Å². The monoisotopic (exact) mass is 299 g/mol. The SMILES string of the molecule is CN(CC1CCCOC1)C(=O)Cc1ccc(N)cn1.Cl. The smallest absolute Gasteiger partial charge is 0.228 e. The molecule has 0 spiro atoms. The first-order valence-corrected chi connectivity index (χ1v) is 6.67. The molecule has 1 aromatic heterocycles. The largest absolute Gasteiger partial charge is 0.397 e. The number of ether oxygens (including phenoxy) is 1. The second kappa shape index (κ2) is 8.07. The first kappa shape index (κ1) is 16.7. The van der Waals surface area contributed by atoms with Crippen molar-refractivity contribution in [1.82, 2.24) is 9.88 Å². The van der Waals surface area contributed by atoms with E-state index in [1.807, 2.05) is 7.05 Å². The number of nitrogens with two attached hydrogens (primary N) is 1. The number of hydrogen-bond acceptors (Lipinski definition) is 4. The third kappa shape index (κ3) is 4.98. The van der Waals surface area contributed by atoms with Crippen LogP contribution in [0.5, 0.6) is 0 Å². The summed E-state index contributed by atoms with van der Waals surface area (Å²) in [7, 11) is 1.84. The minimum absolute atomic E-state index is 0. The van der Waals surface area contributed by atoms with Gasteiger partial charge in [0.1, 0.15) is 0 Å². The molecule has 1 aliphatic heterocycles. The molecular weight excluding hydrogens is 278 g/mol. The number of halogens is 1. The van der Waals surface area contributed by atoms with Crippen LogP contribution < -0.4 is 5.73 Å². The van der Waals surface area contributed by atoms with Gasteiger partial charge in [-0.25, -0.2) is 0 Å². The van der Waals surface area contributed by atoms with Crippen molar-refractivity contribution in [2.75, 3.05) is 32.5 Å². The standard InChI is InChI=1S/C14H21N3O2.ClH/c1-17(9-11-3-2-6-19-10-11)14(18)7-13-5-4-12(15)8-16-13;/h4-5,8,11H,2-3,6-7,9-10,15H2,1H3;1H. The van der Waals surface area contributed by atoms with Gasteiger partial charge >= 0.3 is 0 Å². The van der Waals surface area contributed by atoms with Gasteiger partial charge in [-0.05, 0) is 30.9 Å². The van der Waals surface area contributed by atoms with Crippen molar-refractivity contribution in [3.8, 4) is 0 Å². The van der Waals surface area contributed by atoms with Crippen LogP contribution in [-0.4, -0.2) is 42.6 Å². The van der Waals surface area contributed by atoms with E-state index in [2.05, 4.69) is 4.98 Å². The van der Waals surface area contributed by atoms with Gasteiger partial charge < -0.3 is 15.4 Å². The molecule has 0 aromatic carbocycles. The highest BCUT2D eigenvalue weighted by atomic mass is 35.5. The van der Waals surface area contributed by atoms with Crippen LogP contribution in [0.1, 0.15) is 18.5 Å². The Morgan fingerprint density at radius 3 is 2.95 bits per heavy atom. The minimum Gasteiger partial charge on any atom is -0.397 e. The Balaban J connectivity index is 0.00000200. The second-order valence-electron chi connectivity index (χ2n) is 5.12. The molecule has 112 valence electrons. The zero-order valence-electron chi connectivity index (χ0n) is 11.7. The van der Waals surface area contributed by atoms with Gasteiger partial charge in [-0.1, -0.05) is 0 Å². The van der Waals surface area contributed by atoms with E-state index in [1.165, 1.54) is 0 Å². The highest BCUT2D eigenvalue weighted by Gasteiger charge is 2.19. The van der Waals surface area contributed by atoms with Crippen molar-refractivity contribution in [2.24, 2.45) is 5.92 Å². The van der Waals surface area contributed by atoms with Crippen LogP contribution in [0.25, 0.3) is 0 Å². The van der Waals surface area contributed by atoms with E-state index in [-0.39, 0.29) is 18.3 Å². The van der Waals surface area contributed by atoms with Crippen molar-refractivity contribution in [3.05, 3.63) is 24.0 Å². The molecule has 0 aliphatic carbocycles. The lowest BCUT2D eigenvalue weighted by Crippen LogP contribution is -2.36. The molecule has 2 N–H and O–H groups in total. The Morgan fingerprint density at radius 2 is 2.35 bits per heavy atom. The molecule has 1 amide bonds. The molecule has 6 heteroatoms. The Bertz CT molecular complexity index is 419. The summed E-state index contributed by atoms with van der Waals surface area (Å²) in [6, 6.07) is 3.56. The Labute approximate surface area is 125 Å². The van der Waals surface area contributed by atoms with Gasteiger partial charge in [0.15, 0.2) is 0 Å². The minimum atomic E-state index is 0. The number of rotatable bonds is 4. The molecule has 20 heavy (non-hydrogen) atoms. The highest BCUT2D eigenvalue weighted by Crippen LogP contribution is 2.14. The molecule has 1 atom stereocenters. The molecule has 0 saturated carbocycles. The zero-order chi connectivity index (χ0) is 13.7. The molecule has 0 bridgehead atoms. The second-order valence-corrected chi connectivity index (χ2v) is 5.12. The normalized spacial score (nSPS) is 18.1. The van der Waals surface area contributed by atoms with E-state index in [0.717, 1.165) is 38.3 Å². The molecule has 1 fully saturated rings. The first-order chi connectivity index (χ1) is 9.15. The van der Waals surface area contributed by atoms with E-state index in [0.29, 0.717) is 18.0 Å². The van der Waals surface area contributed by atoms with E-state index in [4.69, 9.17) is 10.5 Å². The van der Waals surface area contributed by atoms with Crippen molar-refractivity contribution in [1.29, 1.82) is 0 Å². The van der Waals surface area contributed by atoms with Gasteiger partial charge in [-0.2, -0.15) is 0 Å². The number of aromatic nitrogens is 1. The van der Waals surface area contributed by atoms with E-state index >= 15 is 0 Å².